The molecule has 0 amide bonds. The van der Waals surface area contributed by atoms with Gasteiger partial charge in [-0.25, -0.2) is 0 Å². The maximum atomic E-state index is 10.9. The first kappa shape index (κ1) is 16.5. The molecule has 1 aliphatic carbocycles. The van der Waals surface area contributed by atoms with Crippen molar-refractivity contribution in [2.24, 2.45) is 10.4 Å². The van der Waals surface area contributed by atoms with Crippen LogP contribution in [-0.4, -0.2) is 0 Å². The van der Waals surface area contributed by atoms with E-state index in [1.165, 1.54) is 30.4 Å². The molecule has 1 saturated carbocycles. The number of hydrogen-bond acceptors (Lipinski definition) is 4. The zero-order valence-electron chi connectivity index (χ0n) is 14.2. The van der Waals surface area contributed by atoms with Gasteiger partial charge < -0.3 is 0 Å². The topological polar surface area (TPSA) is 58.9 Å². The SMILES string of the molecule is Cc1cc(C2(c3ccc(N=O)c(C)c3)CCCCC2)ccc1N=O. The Balaban J connectivity index is 2.14. The molecule has 0 aliphatic heterocycles. The molecule has 0 spiro atoms. The van der Waals surface area contributed by atoms with Crippen molar-refractivity contribution in [3.8, 4) is 0 Å². The molecule has 0 saturated heterocycles. The zero-order valence-corrected chi connectivity index (χ0v) is 14.2. The summed E-state index contributed by atoms with van der Waals surface area (Å²) in [5.74, 6) is 0. The average molecular weight is 322 g/mol. The van der Waals surface area contributed by atoms with Crippen molar-refractivity contribution in [3.63, 3.8) is 0 Å². The highest BCUT2D eigenvalue weighted by molar-refractivity contribution is 5.54. The summed E-state index contributed by atoms with van der Waals surface area (Å²) in [6.45, 7) is 3.86. The Labute approximate surface area is 142 Å². The lowest BCUT2D eigenvalue weighted by molar-refractivity contribution is 0.346. The number of nitrogens with zero attached hydrogens (tertiary/aromatic N) is 2. The number of rotatable bonds is 4. The fourth-order valence-corrected chi connectivity index (χ4v) is 4.01. The Hall–Kier alpha value is -2.36. The van der Waals surface area contributed by atoms with Gasteiger partial charge in [0.2, 0.25) is 0 Å². The lowest BCUT2D eigenvalue weighted by Crippen LogP contribution is -2.30. The van der Waals surface area contributed by atoms with Crippen LogP contribution in [0, 0.1) is 23.7 Å². The van der Waals surface area contributed by atoms with Crippen LogP contribution >= 0.6 is 0 Å². The van der Waals surface area contributed by atoms with Crippen molar-refractivity contribution in [2.75, 3.05) is 0 Å². The molecule has 0 unspecified atom stereocenters. The Morgan fingerprint density at radius 2 is 1.21 bits per heavy atom. The second kappa shape index (κ2) is 6.63. The van der Waals surface area contributed by atoms with Gasteiger partial charge in [0, 0.05) is 5.41 Å². The van der Waals surface area contributed by atoms with Gasteiger partial charge in [-0.3, -0.25) is 0 Å². The fraction of sp³-hybridized carbons (Fsp3) is 0.400. The molecule has 24 heavy (non-hydrogen) atoms. The predicted molar refractivity (Wildman–Crippen MR) is 97.1 cm³/mol. The Kier molecular flexibility index (Phi) is 4.56. The van der Waals surface area contributed by atoms with Crippen molar-refractivity contribution < 1.29 is 0 Å². The smallest absolute Gasteiger partial charge is 0.110 e. The molecule has 2 aromatic rings. The van der Waals surface area contributed by atoms with Gasteiger partial charge in [-0.2, -0.15) is 0 Å². The molecule has 0 heterocycles. The van der Waals surface area contributed by atoms with Gasteiger partial charge in [0.25, 0.3) is 0 Å². The first-order valence-corrected chi connectivity index (χ1v) is 8.50. The Morgan fingerprint density at radius 1 is 0.750 bits per heavy atom. The molecule has 0 N–H and O–H groups in total. The van der Waals surface area contributed by atoms with Crippen molar-refractivity contribution in [1.82, 2.24) is 0 Å². The highest BCUT2D eigenvalue weighted by Gasteiger charge is 2.36. The first-order chi connectivity index (χ1) is 11.6. The third-order valence-corrected chi connectivity index (χ3v) is 5.40. The summed E-state index contributed by atoms with van der Waals surface area (Å²) in [6, 6.07) is 11.9. The zero-order chi connectivity index (χ0) is 17.2. The van der Waals surface area contributed by atoms with E-state index in [0.29, 0.717) is 11.4 Å². The van der Waals surface area contributed by atoms with Crippen LogP contribution in [0.25, 0.3) is 0 Å². The summed E-state index contributed by atoms with van der Waals surface area (Å²) in [6.07, 6.45) is 5.77. The van der Waals surface area contributed by atoms with E-state index in [1.807, 2.05) is 38.1 Å². The molecule has 4 nitrogen and oxygen atoms in total. The van der Waals surface area contributed by atoms with E-state index in [1.54, 1.807) is 0 Å². The number of hydrogen-bond donors (Lipinski definition) is 0. The van der Waals surface area contributed by atoms with Crippen LogP contribution in [0.3, 0.4) is 0 Å². The monoisotopic (exact) mass is 322 g/mol. The molecule has 124 valence electrons. The summed E-state index contributed by atoms with van der Waals surface area (Å²) in [5.41, 5.74) is 5.24. The minimum Gasteiger partial charge on any atom is -0.145 e. The van der Waals surface area contributed by atoms with Crippen LogP contribution in [0.5, 0.6) is 0 Å². The van der Waals surface area contributed by atoms with E-state index < -0.39 is 0 Å². The van der Waals surface area contributed by atoms with Crippen molar-refractivity contribution >= 4 is 11.4 Å². The van der Waals surface area contributed by atoms with Crippen LogP contribution in [0.15, 0.2) is 46.8 Å². The standard InChI is InChI=1S/C20H22N2O2/c1-14-12-16(6-8-18(14)21-23)20(10-4-3-5-11-20)17-7-9-19(22-24)15(2)13-17/h6-9,12-13H,3-5,10-11H2,1-2H3. The van der Waals surface area contributed by atoms with E-state index in [4.69, 9.17) is 0 Å². The average Bonchev–Trinajstić information content (AvgIpc) is 2.62. The molecular formula is C20H22N2O2. The van der Waals surface area contributed by atoms with E-state index >= 15 is 0 Å². The van der Waals surface area contributed by atoms with Gasteiger partial charge in [0.15, 0.2) is 0 Å². The maximum Gasteiger partial charge on any atom is 0.110 e. The highest BCUT2D eigenvalue weighted by atomic mass is 16.3. The van der Waals surface area contributed by atoms with Crippen molar-refractivity contribution in [2.45, 2.75) is 51.4 Å². The van der Waals surface area contributed by atoms with Crippen LogP contribution in [0.1, 0.15) is 54.4 Å². The van der Waals surface area contributed by atoms with Crippen LogP contribution in [-0.2, 0) is 5.41 Å². The first-order valence-electron chi connectivity index (χ1n) is 8.50. The number of aryl methyl sites for hydroxylation is 2. The summed E-state index contributed by atoms with van der Waals surface area (Å²) in [4.78, 5) is 21.8. The third-order valence-electron chi connectivity index (χ3n) is 5.40. The van der Waals surface area contributed by atoms with Gasteiger partial charge in [-0.15, -0.1) is 9.81 Å². The summed E-state index contributed by atoms with van der Waals surface area (Å²) in [5, 5.41) is 6.18. The summed E-state index contributed by atoms with van der Waals surface area (Å²) >= 11 is 0. The van der Waals surface area contributed by atoms with Gasteiger partial charge in [-0.05, 0) is 71.4 Å². The molecule has 1 aliphatic rings. The van der Waals surface area contributed by atoms with Crippen molar-refractivity contribution in [1.29, 1.82) is 0 Å². The minimum atomic E-state index is -0.0589. The maximum absolute atomic E-state index is 10.9. The number of nitroso groups, excluding NO2 is 2. The lowest BCUT2D eigenvalue weighted by atomic mass is 9.65. The summed E-state index contributed by atoms with van der Waals surface area (Å²) in [7, 11) is 0. The minimum absolute atomic E-state index is 0.0589. The predicted octanol–water partition coefficient (Wildman–Crippen LogP) is 6.35. The molecule has 0 aromatic heterocycles. The molecule has 3 rings (SSSR count). The van der Waals surface area contributed by atoms with E-state index in [9.17, 15) is 9.81 Å². The summed E-state index contributed by atoms with van der Waals surface area (Å²) < 4.78 is 0. The third kappa shape index (κ3) is 2.77. The molecular weight excluding hydrogens is 300 g/mol. The Bertz CT molecular complexity index is 718. The van der Waals surface area contributed by atoms with Gasteiger partial charge in [0.05, 0.1) is 0 Å². The van der Waals surface area contributed by atoms with E-state index in [0.717, 1.165) is 24.0 Å². The molecule has 1 fully saturated rings. The second-order valence-corrected chi connectivity index (χ2v) is 6.83. The van der Waals surface area contributed by atoms with Gasteiger partial charge >= 0.3 is 0 Å². The molecule has 0 radical (unpaired) electrons. The quantitative estimate of drug-likeness (QED) is 0.616. The largest absolute Gasteiger partial charge is 0.145 e. The lowest BCUT2D eigenvalue weighted by Gasteiger charge is -2.39. The van der Waals surface area contributed by atoms with Gasteiger partial charge in [-0.1, -0.05) is 43.5 Å². The Morgan fingerprint density at radius 3 is 1.58 bits per heavy atom. The fourth-order valence-electron chi connectivity index (χ4n) is 4.01. The van der Waals surface area contributed by atoms with Crippen LogP contribution < -0.4 is 0 Å². The second-order valence-electron chi connectivity index (χ2n) is 6.83. The van der Waals surface area contributed by atoms with Crippen LogP contribution in [0.4, 0.5) is 11.4 Å². The normalized spacial score (nSPS) is 16.6. The van der Waals surface area contributed by atoms with E-state index in [-0.39, 0.29) is 5.41 Å². The number of benzene rings is 2. The van der Waals surface area contributed by atoms with Crippen LogP contribution in [0.2, 0.25) is 0 Å². The molecule has 0 bridgehead atoms. The molecule has 4 heteroatoms. The van der Waals surface area contributed by atoms with E-state index in [2.05, 4.69) is 22.5 Å². The van der Waals surface area contributed by atoms with Crippen molar-refractivity contribution in [3.05, 3.63) is 68.5 Å². The highest BCUT2D eigenvalue weighted by Crippen LogP contribution is 2.46. The molecule has 0 atom stereocenters. The molecule has 2 aromatic carbocycles. The van der Waals surface area contributed by atoms with Gasteiger partial charge in [0.1, 0.15) is 11.4 Å².